The third kappa shape index (κ3) is 3.78. The molecule has 1 aliphatic rings. The molecule has 1 N–H and O–H groups in total. The lowest BCUT2D eigenvalue weighted by atomic mass is 10.0. The minimum absolute atomic E-state index is 0.108. The fraction of sp³-hybridized carbons (Fsp3) is 0.643. The van der Waals surface area contributed by atoms with Gasteiger partial charge in [-0.05, 0) is 31.3 Å². The number of ether oxygens (including phenoxy) is 1. The minimum atomic E-state index is 0.108. The first-order chi connectivity index (χ1) is 9.22. The van der Waals surface area contributed by atoms with Crippen LogP contribution in [0.2, 0.25) is 0 Å². The Morgan fingerprint density at radius 1 is 1.63 bits per heavy atom. The second kappa shape index (κ2) is 7.03. The predicted octanol–water partition coefficient (Wildman–Crippen LogP) is 1.72. The second-order valence-electron chi connectivity index (χ2n) is 4.97. The molecule has 1 aromatic rings. The van der Waals surface area contributed by atoms with Crippen molar-refractivity contribution in [2.75, 3.05) is 26.8 Å². The molecule has 19 heavy (non-hydrogen) atoms. The Hall–Kier alpha value is -0.910. The zero-order valence-electron chi connectivity index (χ0n) is 11.6. The van der Waals surface area contributed by atoms with E-state index in [9.17, 15) is 4.79 Å². The van der Waals surface area contributed by atoms with Crippen LogP contribution >= 0.6 is 11.3 Å². The van der Waals surface area contributed by atoms with Crippen molar-refractivity contribution in [2.24, 2.45) is 5.92 Å². The Balaban J connectivity index is 2.01. The molecule has 0 saturated carbocycles. The maximum absolute atomic E-state index is 12.6. The highest BCUT2D eigenvalue weighted by molar-refractivity contribution is 7.09. The van der Waals surface area contributed by atoms with Gasteiger partial charge in [0, 0.05) is 24.6 Å². The summed E-state index contributed by atoms with van der Waals surface area (Å²) in [7, 11) is 1.67. The molecule has 1 saturated heterocycles. The average molecular weight is 282 g/mol. The quantitative estimate of drug-likeness (QED) is 0.864. The Morgan fingerprint density at radius 3 is 3.05 bits per heavy atom. The Kier molecular flexibility index (Phi) is 5.36. The normalized spacial score (nSPS) is 22.6. The van der Waals surface area contributed by atoms with E-state index in [-0.39, 0.29) is 17.9 Å². The van der Waals surface area contributed by atoms with Gasteiger partial charge in [0.05, 0.1) is 19.1 Å². The van der Waals surface area contributed by atoms with E-state index in [0.29, 0.717) is 19.7 Å². The van der Waals surface area contributed by atoms with Crippen molar-refractivity contribution in [3.05, 3.63) is 22.4 Å². The Labute approximate surface area is 118 Å². The van der Waals surface area contributed by atoms with Gasteiger partial charge in [0.1, 0.15) is 0 Å². The van der Waals surface area contributed by atoms with Crippen LogP contribution in [0.4, 0.5) is 0 Å². The molecule has 5 heteroatoms. The monoisotopic (exact) mass is 282 g/mol. The van der Waals surface area contributed by atoms with Crippen LogP contribution in [0.15, 0.2) is 17.5 Å². The fourth-order valence-electron chi connectivity index (χ4n) is 2.49. The first-order valence-electron chi connectivity index (χ1n) is 6.76. The summed E-state index contributed by atoms with van der Waals surface area (Å²) in [5.41, 5.74) is 0. The van der Waals surface area contributed by atoms with Crippen molar-refractivity contribution in [1.82, 2.24) is 10.2 Å². The van der Waals surface area contributed by atoms with Crippen molar-refractivity contribution in [2.45, 2.75) is 25.9 Å². The van der Waals surface area contributed by atoms with E-state index in [2.05, 4.69) is 18.3 Å². The molecule has 0 radical (unpaired) electrons. The standard InChI is InChI=1S/C14H22N2O2S/c1-11-13(5-6-15-11)14(17)16(7-8-18-2)10-12-4-3-9-19-12/h3-4,9,11,13,15H,5-8,10H2,1-2H3. The Morgan fingerprint density at radius 2 is 2.47 bits per heavy atom. The Bertz CT molecular complexity index is 394. The summed E-state index contributed by atoms with van der Waals surface area (Å²) in [4.78, 5) is 15.8. The summed E-state index contributed by atoms with van der Waals surface area (Å²) < 4.78 is 5.13. The van der Waals surface area contributed by atoms with Gasteiger partial charge in [-0.15, -0.1) is 11.3 Å². The van der Waals surface area contributed by atoms with E-state index in [1.54, 1.807) is 18.4 Å². The highest BCUT2D eigenvalue weighted by Crippen LogP contribution is 2.20. The van der Waals surface area contributed by atoms with Crippen LogP contribution in [0.3, 0.4) is 0 Å². The molecular weight excluding hydrogens is 260 g/mol. The lowest BCUT2D eigenvalue weighted by Crippen LogP contribution is -2.41. The summed E-state index contributed by atoms with van der Waals surface area (Å²) in [5, 5.41) is 5.39. The van der Waals surface area contributed by atoms with E-state index < -0.39 is 0 Å². The first kappa shape index (κ1) is 14.5. The molecule has 1 amide bonds. The molecule has 1 fully saturated rings. The van der Waals surface area contributed by atoms with E-state index in [1.807, 2.05) is 16.3 Å². The van der Waals surface area contributed by atoms with Gasteiger partial charge >= 0.3 is 0 Å². The molecular formula is C14H22N2O2S. The van der Waals surface area contributed by atoms with E-state index in [4.69, 9.17) is 4.74 Å². The van der Waals surface area contributed by atoms with Gasteiger partial charge < -0.3 is 15.0 Å². The van der Waals surface area contributed by atoms with Crippen LogP contribution < -0.4 is 5.32 Å². The minimum Gasteiger partial charge on any atom is -0.383 e. The van der Waals surface area contributed by atoms with Crippen LogP contribution in [0.25, 0.3) is 0 Å². The maximum Gasteiger partial charge on any atom is 0.227 e. The van der Waals surface area contributed by atoms with Crippen molar-refractivity contribution >= 4 is 17.2 Å². The highest BCUT2D eigenvalue weighted by Gasteiger charge is 2.32. The average Bonchev–Trinajstić information content (AvgIpc) is 3.05. The molecule has 4 nitrogen and oxygen atoms in total. The molecule has 1 aromatic heterocycles. The number of methoxy groups -OCH3 is 1. The number of nitrogens with one attached hydrogen (secondary N) is 1. The van der Waals surface area contributed by atoms with Gasteiger partial charge in [-0.2, -0.15) is 0 Å². The number of carbonyl (C=O) groups is 1. The summed E-state index contributed by atoms with van der Waals surface area (Å²) in [6.45, 7) is 4.98. The van der Waals surface area contributed by atoms with E-state index >= 15 is 0 Å². The van der Waals surface area contributed by atoms with Gasteiger partial charge in [0.15, 0.2) is 0 Å². The van der Waals surface area contributed by atoms with Gasteiger partial charge in [-0.3, -0.25) is 4.79 Å². The molecule has 2 heterocycles. The SMILES string of the molecule is COCCN(Cc1cccs1)C(=O)C1CCNC1C. The summed E-state index contributed by atoms with van der Waals surface area (Å²) >= 11 is 1.70. The van der Waals surface area contributed by atoms with Crippen molar-refractivity contribution in [3.8, 4) is 0 Å². The molecule has 0 aromatic carbocycles. The molecule has 1 aliphatic heterocycles. The molecule has 2 atom stereocenters. The third-order valence-corrected chi connectivity index (χ3v) is 4.51. The van der Waals surface area contributed by atoms with Gasteiger partial charge in [-0.1, -0.05) is 6.07 Å². The van der Waals surface area contributed by atoms with Crippen molar-refractivity contribution in [1.29, 1.82) is 0 Å². The predicted molar refractivity (Wildman–Crippen MR) is 77.2 cm³/mol. The van der Waals surface area contributed by atoms with Crippen LogP contribution in [0.5, 0.6) is 0 Å². The lowest BCUT2D eigenvalue weighted by molar-refractivity contribution is -0.137. The highest BCUT2D eigenvalue weighted by atomic mass is 32.1. The molecule has 0 bridgehead atoms. The number of nitrogens with zero attached hydrogens (tertiary/aromatic N) is 1. The zero-order chi connectivity index (χ0) is 13.7. The molecule has 106 valence electrons. The van der Waals surface area contributed by atoms with Crippen LogP contribution in [0, 0.1) is 5.92 Å². The number of hydrogen-bond donors (Lipinski definition) is 1. The number of carbonyl (C=O) groups excluding carboxylic acids is 1. The first-order valence-corrected chi connectivity index (χ1v) is 7.64. The van der Waals surface area contributed by atoms with Gasteiger partial charge in [-0.25, -0.2) is 0 Å². The topological polar surface area (TPSA) is 41.6 Å². The zero-order valence-corrected chi connectivity index (χ0v) is 12.4. The van der Waals surface area contributed by atoms with Crippen LogP contribution in [0.1, 0.15) is 18.2 Å². The second-order valence-corrected chi connectivity index (χ2v) is 6.00. The lowest BCUT2D eigenvalue weighted by Gasteiger charge is -2.26. The van der Waals surface area contributed by atoms with Crippen LogP contribution in [-0.4, -0.2) is 43.7 Å². The van der Waals surface area contributed by atoms with Gasteiger partial charge in [0.25, 0.3) is 0 Å². The van der Waals surface area contributed by atoms with Crippen molar-refractivity contribution in [3.63, 3.8) is 0 Å². The molecule has 2 rings (SSSR count). The van der Waals surface area contributed by atoms with Crippen molar-refractivity contribution < 1.29 is 9.53 Å². The number of amides is 1. The van der Waals surface area contributed by atoms with E-state index in [1.165, 1.54) is 4.88 Å². The van der Waals surface area contributed by atoms with E-state index in [0.717, 1.165) is 13.0 Å². The molecule has 2 unspecified atom stereocenters. The smallest absolute Gasteiger partial charge is 0.227 e. The van der Waals surface area contributed by atoms with Gasteiger partial charge in [0.2, 0.25) is 5.91 Å². The van der Waals surface area contributed by atoms with Crippen LogP contribution in [-0.2, 0) is 16.1 Å². The number of rotatable bonds is 6. The summed E-state index contributed by atoms with van der Waals surface area (Å²) in [6, 6.07) is 4.38. The number of thiophene rings is 1. The summed E-state index contributed by atoms with van der Waals surface area (Å²) in [6.07, 6.45) is 0.938. The molecule has 0 spiro atoms. The maximum atomic E-state index is 12.6. The molecule has 0 aliphatic carbocycles. The third-order valence-electron chi connectivity index (χ3n) is 3.65. The summed E-state index contributed by atoms with van der Waals surface area (Å²) in [5.74, 6) is 0.361. The number of hydrogen-bond acceptors (Lipinski definition) is 4. The largest absolute Gasteiger partial charge is 0.383 e. The fourth-order valence-corrected chi connectivity index (χ4v) is 3.21.